The molecule has 0 aliphatic carbocycles. The molecule has 0 N–H and O–H groups in total. The van der Waals surface area contributed by atoms with Gasteiger partial charge >= 0.3 is 0 Å². The fourth-order valence-corrected chi connectivity index (χ4v) is 4.65. The van der Waals surface area contributed by atoms with Gasteiger partial charge in [-0.05, 0) is 56.7 Å². The van der Waals surface area contributed by atoms with E-state index in [4.69, 9.17) is 0 Å². The van der Waals surface area contributed by atoms with Crippen LogP contribution >= 0.6 is 0 Å². The van der Waals surface area contributed by atoms with Gasteiger partial charge in [0.25, 0.3) is 0 Å². The van der Waals surface area contributed by atoms with Crippen LogP contribution in [0.3, 0.4) is 0 Å². The fourth-order valence-electron chi connectivity index (χ4n) is 4.65. The summed E-state index contributed by atoms with van der Waals surface area (Å²) in [5.41, 5.74) is 2.85. The minimum Gasteiger partial charge on any atom is -0.327 e. The molecule has 0 radical (unpaired) electrons. The molecule has 3 aromatic rings. The normalized spacial score (nSPS) is 19.6. The van der Waals surface area contributed by atoms with Crippen LogP contribution in [0.2, 0.25) is 0 Å². The monoisotopic (exact) mass is 389 g/mol. The Morgan fingerprint density at radius 3 is 2.79 bits per heavy atom. The number of aromatic nitrogens is 4. The zero-order valence-corrected chi connectivity index (χ0v) is 17.0. The second-order valence-corrected chi connectivity index (χ2v) is 8.44. The number of pyridine rings is 2. The average Bonchev–Trinajstić information content (AvgIpc) is 3.34. The van der Waals surface area contributed by atoms with E-state index in [2.05, 4.69) is 37.4 Å². The number of fused-ring (bicyclic) bond motifs is 2. The van der Waals surface area contributed by atoms with Crippen molar-refractivity contribution in [2.24, 2.45) is 0 Å². The summed E-state index contributed by atoms with van der Waals surface area (Å²) in [6.07, 6.45) is 11.9. The lowest BCUT2D eigenvalue weighted by atomic mass is 10.1. The maximum atomic E-state index is 12.6. The molecule has 0 unspecified atom stereocenters. The Morgan fingerprint density at radius 1 is 1.03 bits per heavy atom. The summed E-state index contributed by atoms with van der Waals surface area (Å²) >= 11 is 0. The molecular formula is C23H27N5O. The van der Waals surface area contributed by atoms with E-state index in [1.54, 1.807) is 0 Å². The fraction of sp³-hybridized carbons (Fsp3) is 0.478. The number of hydrogen-bond acceptors (Lipinski definition) is 5. The van der Waals surface area contributed by atoms with Crippen molar-refractivity contribution in [1.82, 2.24) is 24.4 Å². The Labute approximate surface area is 171 Å². The maximum absolute atomic E-state index is 12.6. The summed E-state index contributed by atoms with van der Waals surface area (Å²) < 4.78 is 2.29. The van der Waals surface area contributed by atoms with Crippen LogP contribution in [0.1, 0.15) is 44.1 Å². The number of rotatable bonds is 5. The largest absolute Gasteiger partial charge is 0.327 e. The molecule has 6 nitrogen and oxygen atoms in total. The molecule has 29 heavy (non-hydrogen) atoms. The molecule has 5 heterocycles. The second-order valence-electron chi connectivity index (χ2n) is 8.44. The third-order valence-electron chi connectivity index (χ3n) is 6.34. The Hall–Kier alpha value is -2.60. The number of aryl methyl sites for hydroxylation is 1. The van der Waals surface area contributed by atoms with Crippen molar-refractivity contribution in [3.8, 4) is 11.4 Å². The van der Waals surface area contributed by atoms with Crippen LogP contribution in [0.4, 0.5) is 0 Å². The predicted molar refractivity (Wildman–Crippen MR) is 113 cm³/mol. The molecule has 0 bridgehead atoms. The minimum atomic E-state index is 0.240. The van der Waals surface area contributed by atoms with Crippen molar-refractivity contribution in [2.45, 2.75) is 58.0 Å². The first-order chi connectivity index (χ1) is 14.2. The molecular weight excluding hydrogens is 362 g/mol. The number of hydrogen-bond donors (Lipinski definition) is 0. The Morgan fingerprint density at radius 2 is 1.93 bits per heavy atom. The van der Waals surface area contributed by atoms with Crippen LogP contribution in [0, 0.1) is 0 Å². The van der Waals surface area contributed by atoms with E-state index in [0.717, 1.165) is 53.2 Å². The highest BCUT2D eigenvalue weighted by molar-refractivity contribution is 5.87. The molecule has 2 aliphatic rings. The molecule has 1 saturated heterocycles. The third-order valence-corrected chi connectivity index (χ3v) is 6.34. The van der Waals surface area contributed by atoms with Crippen LogP contribution in [-0.4, -0.2) is 49.3 Å². The maximum Gasteiger partial charge on any atom is 0.152 e. The Bertz CT molecular complexity index is 1060. The van der Waals surface area contributed by atoms with Crippen molar-refractivity contribution in [1.29, 1.82) is 0 Å². The van der Waals surface area contributed by atoms with Gasteiger partial charge in [0.1, 0.15) is 5.82 Å². The summed E-state index contributed by atoms with van der Waals surface area (Å²) in [5, 5.41) is 2.07. The molecule has 0 spiro atoms. The topological polar surface area (TPSA) is 63.9 Å². The highest BCUT2D eigenvalue weighted by Gasteiger charge is 2.22. The molecule has 0 amide bonds. The molecule has 1 atom stereocenters. The van der Waals surface area contributed by atoms with Gasteiger partial charge in [0, 0.05) is 42.5 Å². The molecule has 3 aromatic heterocycles. The van der Waals surface area contributed by atoms with E-state index in [9.17, 15) is 4.79 Å². The number of carbonyl (C=O) groups excluding carboxylic acids is 1. The molecule has 6 heteroatoms. The van der Waals surface area contributed by atoms with Gasteiger partial charge in [-0.15, -0.1) is 0 Å². The number of ketones is 1. The third kappa shape index (κ3) is 3.69. The first-order valence-corrected chi connectivity index (χ1v) is 10.7. The van der Waals surface area contributed by atoms with Crippen molar-refractivity contribution in [3.05, 3.63) is 42.2 Å². The van der Waals surface area contributed by atoms with Gasteiger partial charge in [0.05, 0.1) is 30.6 Å². The van der Waals surface area contributed by atoms with Crippen molar-refractivity contribution < 1.29 is 4.79 Å². The van der Waals surface area contributed by atoms with Gasteiger partial charge in [0.2, 0.25) is 0 Å². The first-order valence-electron chi connectivity index (χ1n) is 10.7. The van der Waals surface area contributed by atoms with Gasteiger partial charge in [-0.1, -0.05) is 0 Å². The van der Waals surface area contributed by atoms with Crippen LogP contribution in [0.5, 0.6) is 0 Å². The van der Waals surface area contributed by atoms with Gasteiger partial charge < -0.3 is 4.57 Å². The van der Waals surface area contributed by atoms with Crippen LogP contribution in [0.25, 0.3) is 22.2 Å². The highest BCUT2D eigenvalue weighted by atomic mass is 16.1. The Balaban J connectivity index is 1.38. The zero-order valence-electron chi connectivity index (χ0n) is 17.0. The number of nitrogens with zero attached hydrogens (tertiary/aromatic N) is 5. The summed E-state index contributed by atoms with van der Waals surface area (Å²) in [6, 6.07) is 4.66. The average molecular weight is 390 g/mol. The lowest BCUT2D eigenvalue weighted by Crippen LogP contribution is -2.33. The quantitative estimate of drug-likeness (QED) is 0.669. The van der Waals surface area contributed by atoms with E-state index >= 15 is 0 Å². The standard InChI is InChI=1S/C23H27N5O/c1-16-5-4-7-27(16)15-20(29)11-19-9-17-10-21(25-13-18(17)12-24-19)22-14-26-23-6-2-3-8-28(22)23/h9-10,12-14,16H,2-8,11,15H2,1H3/t16-/m1/s1. The summed E-state index contributed by atoms with van der Waals surface area (Å²) in [7, 11) is 0. The van der Waals surface area contributed by atoms with Crippen LogP contribution < -0.4 is 0 Å². The molecule has 1 fully saturated rings. The zero-order chi connectivity index (χ0) is 19.8. The van der Waals surface area contributed by atoms with Gasteiger partial charge in [-0.3, -0.25) is 19.7 Å². The van der Waals surface area contributed by atoms with Crippen LogP contribution in [0.15, 0.2) is 30.7 Å². The van der Waals surface area contributed by atoms with E-state index in [0.29, 0.717) is 19.0 Å². The van der Waals surface area contributed by atoms with E-state index < -0.39 is 0 Å². The molecule has 2 aliphatic heterocycles. The number of Topliss-reactive ketones (excluding diaryl/α,β-unsaturated/α-hetero) is 1. The molecule has 5 rings (SSSR count). The predicted octanol–water partition coefficient (Wildman–Crippen LogP) is 3.43. The number of likely N-dealkylation sites (tertiary alicyclic amines) is 1. The molecule has 0 aromatic carbocycles. The van der Waals surface area contributed by atoms with Gasteiger partial charge in [-0.25, -0.2) is 4.98 Å². The SMILES string of the molecule is C[C@@H]1CCCN1CC(=O)Cc1cc2cc(-c3cnc4n3CCCC4)ncc2cn1. The number of imidazole rings is 1. The van der Waals surface area contributed by atoms with E-state index in [-0.39, 0.29) is 5.78 Å². The highest BCUT2D eigenvalue weighted by Crippen LogP contribution is 2.26. The molecule has 150 valence electrons. The van der Waals surface area contributed by atoms with Crippen molar-refractivity contribution >= 4 is 16.6 Å². The van der Waals surface area contributed by atoms with Crippen LogP contribution in [-0.2, 0) is 24.2 Å². The summed E-state index contributed by atoms with van der Waals surface area (Å²) in [4.78, 5) is 28.6. The lowest BCUT2D eigenvalue weighted by Gasteiger charge is -2.19. The first kappa shape index (κ1) is 18.4. The molecule has 0 saturated carbocycles. The minimum absolute atomic E-state index is 0.240. The number of carbonyl (C=O) groups is 1. The lowest BCUT2D eigenvalue weighted by molar-refractivity contribution is -0.119. The van der Waals surface area contributed by atoms with Gasteiger partial charge in [-0.2, -0.15) is 0 Å². The smallest absolute Gasteiger partial charge is 0.152 e. The van der Waals surface area contributed by atoms with E-state index in [1.165, 1.54) is 25.7 Å². The van der Waals surface area contributed by atoms with E-state index in [1.807, 2.05) is 24.7 Å². The Kier molecular flexibility index (Phi) is 4.87. The van der Waals surface area contributed by atoms with Crippen molar-refractivity contribution in [2.75, 3.05) is 13.1 Å². The summed E-state index contributed by atoms with van der Waals surface area (Å²) in [6.45, 7) is 4.78. The summed E-state index contributed by atoms with van der Waals surface area (Å²) in [5.74, 6) is 1.40. The van der Waals surface area contributed by atoms with Gasteiger partial charge in [0.15, 0.2) is 5.78 Å². The second kappa shape index (κ2) is 7.67. The van der Waals surface area contributed by atoms with Crippen molar-refractivity contribution in [3.63, 3.8) is 0 Å².